The maximum absolute atomic E-state index is 11.6. The molecule has 1 aliphatic rings. The van der Waals surface area contributed by atoms with Gasteiger partial charge in [-0.1, -0.05) is 0 Å². The van der Waals surface area contributed by atoms with Crippen LogP contribution in [0.1, 0.15) is 32.0 Å². The van der Waals surface area contributed by atoms with E-state index in [0.717, 1.165) is 25.3 Å². The molecule has 2 rings (SSSR count). The van der Waals surface area contributed by atoms with Crippen molar-refractivity contribution in [3.63, 3.8) is 0 Å². The number of carbonyl (C=O) groups excluding carboxylic acids is 1. The monoisotopic (exact) mass is 252 g/mol. The zero-order valence-corrected chi connectivity index (χ0v) is 10.7. The Hall–Kier alpha value is -1.43. The number of carbonyl (C=O) groups is 1. The first-order chi connectivity index (χ1) is 8.78. The van der Waals surface area contributed by atoms with E-state index in [2.05, 4.69) is 20.5 Å². The van der Waals surface area contributed by atoms with Gasteiger partial charge in [-0.25, -0.2) is 4.98 Å². The van der Waals surface area contributed by atoms with E-state index in [4.69, 9.17) is 4.74 Å². The number of ether oxygens (including phenoxy) is 1. The fourth-order valence-electron chi connectivity index (χ4n) is 2.22. The number of hydrogen-bond acceptors (Lipinski definition) is 4. The molecule has 0 bridgehead atoms. The van der Waals surface area contributed by atoms with Crippen LogP contribution in [0.5, 0.6) is 0 Å². The van der Waals surface area contributed by atoms with E-state index < -0.39 is 0 Å². The Balaban J connectivity index is 1.53. The van der Waals surface area contributed by atoms with Gasteiger partial charge in [-0.15, -0.1) is 0 Å². The molecule has 100 valence electrons. The van der Waals surface area contributed by atoms with E-state index >= 15 is 0 Å². The first kappa shape index (κ1) is 13.0. The normalized spacial score (nSPS) is 22.5. The molecule has 0 aliphatic heterocycles. The highest BCUT2D eigenvalue weighted by Gasteiger charge is 2.30. The number of hydrogen-bond donors (Lipinski definition) is 2. The molecule has 0 radical (unpaired) electrons. The molecule has 1 aromatic rings. The standard InChI is InChI=1S/C12H20N4O2/c1-2-18-10-5-9(6-10)7-12(17)13-4-3-11-14-8-15-16-11/h8-10H,2-7H2,1H3,(H,13,17)(H,14,15,16). The summed E-state index contributed by atoms with van der Waals surface area (Å²) in [5.41, 5.74) is 0. The quantitative estimate of drug-likeness (QED) is 0.747. The summed E-state index contributed by atoms with van der Waals surface area (Å²) in [6.45, 7) is 3.37. The Bertz CT molecular complexity index is 360. The Morgan fingerprint density at radius 1 is 1.61 bits per heavy atom. The Kier molecular flexibility index (Phi) is 4.69. The van der Waals surface area contributed by atoms with E-state index in [1.165, 1.54) is 6.33 Å². The Morgan fingerprint density at radius 2 is 2.44 bits per heavy atom. The number of nitrogens with zero attached hydrogens (tertiary/aromatic N) is 2. The van der Waals surface area contributed by atoms with Crippen molar-refractivity contribution in [1.29, 1.82) is 0 Å². The largest absolute Gasteiger partial charge is 0.378 e. The van der Waals surface area contributed by atoms with Crippen LogP contribution in [0.25, 0.3) is 0 Å². The minimum atomic E-state index is 0.120. The van der Waals surface area contributed by atoms with E-state index in [9.17, 15) is 4.79 Å². The number of nitrogens with one attached hydrogen (secondary N) is 2. The van der Waals surface area contributed by atoms with Crippen LogP contribution < -0.4 is 5.32 Å². The van der Waals surface area contributed by atoms with Gasteiger partial charge in [0, 0.05) is 26.0 Å². The molecule has 0 saturated heterocycles. The molecule has 0 atom stereocenters. The van der Waals surface area contributed by atoms with Crippen LogP contribution in [0.2, 0.25) is 0 Å². The minimum Gasteiger partial charge on any atom is -0.378 e. The summed E-state index contributed by atoms with van der Waals surface area (Å²) in [6, 6.07) is 0. The lowest BCUT2D eigenvalue weighted by Gasteiger charge is -2.34. The predicted octanol–water partition coefficient (Wildman–Crippen LogP) is 0.669. The maximum atomic E-state index is 11.6. The summed E-state index contributed by atoms with van der Waals surface area (Å²) in [7, 11) is 0. The summed E-state index contributed by atoms with van der Waals surface area (Å²) in [5.74, 6) is 1.41. The van der Waals surface area contributed by atoms with Gasteiger partial charge in [0.2, 0.25) is 5.91 Å². The van der Waals surface area contributed by atoms with Crippen molar-refractivity contribution >= 4 is 5.91 Å². The second-order valence-electron chi connectivity index (χ2n) is 4.65. The number of aromatic amines is 1. The summed E-state index contributed by atoms with van der Waals surface area (Å²) >= 11 is 0. The average Bonchev–Trinajstić information content (AvgIpc) is 2.79. The van der Waals surface area contributed by atoms with E-state index in [0.29, 0.717) is 31.4 Å². The highest BCUT2D eigenvalue weighted by molar-refractivity contribution is 5.76. The molecule has 0 unspecified atom stereocenters. The van der Waals surface area contributed by atoms with Gasteiger partial charge in [0.1, 0.15) is 12.2 Å². The number of H-pyrrole nitrogens is 1. The van der Waals surface area contributed by atoms with Crippen molar-refractivity contribution in [2.24, 2.45) is 5.92 Å². The first-order valence-electron chi connectivity index (χ1n) is 6.50. The number of rotatable bonds is 7. The van der Waals surface area contributed by atoms with Gasteiger partial charge < -0.3 is 10.1 Å². The fraction of sp³-hybridized carbons (Fsp3) is 0.750. The van der Waals surface area contributed by atoms with Crippen LogP contribution >= 0.6 is 0 Å². The molecule has 1 aliphatic carbocycles. The first-order valence-corrected chi connectivity index (χ1v) is 6.50. The zero-order valence-electron chi connectivity index (χ0n) is 10.7. The van der Waals surface area contributed by atoms with Crippen LogP contribution in [0.3, 0.4) is 0 Å². The smallest absolute Gasteiger partial charge is 0.220 e. The van der Waals surface area contributed by atoms with Gasteiger partial charge >= 0.3 is 0 Å². The van der Waals surface area contributed by atoms with Gasteiger partial charge in [-0.3, -0.25) is 9.89 Å². The summed E-state index contributed by atoms with van der Waals surface area (Å²) in [4.78, 5) is 15.6. The third-order valence-electron chi connectivity index (χ3n) is 3.22. The highest BCUT2D eigenvalue weighted by atomic mass is 16.5. The van der Waals surface area contributed by atoms with Crippen LogP contribution in [-0.2, 0) is 16.0 Å². The lowest BCUT2D eigenvalue weighted by atomic mass is 9.80. The second-order valence-corrected chi connectivity index (χ2v) is 4.65. The molecule has 2 N–H and O–H groups in total. The summed E-state index contributed by atoms with van der Waals surface area (Å²) < 4.78 is 5.47. The van der Waals surface area contributed by atoms with Gasteiger partial charge in [-0.05, 0) is 25.7 Å². The molecule has 0 aromatic carbocycles. The van der Waals surface area contributed by atoms with Crippen LogP contribution in [0.15, 0.2) is 6.33 Å². The zero-order chi connectivity index (χ0) is 12.8. The fourth-order valence-corrected chi connectivity index (χ4v) is 2.22. The molecular formula is C12H20N4O2. The molecular weight excluding hydrogens is 232 g/mol. The molecule has 1 saturated carbocycles. The van der Waals surface area contributed by atoms with Crippen LogP contribution in [0.4, 0.5) is 0 Å². The minimum absolute atomic E-state index is 0.120. The van der Waals surface area contributed by atoms with Crippen molar-refractivity contribution in [2.75, 3.05) is 13.2 Å². The molecule has 1 aromatic heterocycles. The van der Waals surface area contributed by atoms with Crippen molar-refractivity contribution in [2.45, 2.75) is 38.7 Å². The topological polar surface area (TPSA) is 79.9 Å². The van der Waals surface area contributed by atoms with Crippen molar-refractivity contribution < 1.29 is 9.53 Å². The van der Waals surface area contributed by atoms with Gasteiger partial charge in [0.05, 0.1) is 6.10 Å². The SMILES string of the molecule is CCOC1CC(CC(=O)NCCc2ncn[nH]2)C1. The maximum Gasteiger partial charge on any atom is 0.220 e. The van der Waals surface area contributed by atoms with Crippen molar-refractivity contribution in [1.82, 2.24) is 20.5 Å². The van der Waals surface area contributed by atoms with Crippen molar-refractivity contribution in [3.05, 3.63) is 12.2 Å². The number of aromatic nitrogens is 3. The average molecular weight is 252 g/mol. The Morgan fingerprint density at radius 3 is 3.11 bits per heavy atom. The van der Waals surface area contributed by atoms with Gasteiger partial charge in [-0.2, -0.15) is 5.10 Å². The third kappa shape index (κ3) is 3.80. The molecule has 0 spiro atoms. The van der Waals surface area contributed by atoms with Crippen molar-refractivity contribution in [3.8, 4) is 0 Å². The molecule has 1 fully saturated rings. The molecule has 1 amide bonds. The molecule has 18 heavy (non-hydrogen) atoms. The molecule has 6 nitrogen and oxygen atoms in total. The molecule has 6 heteroatoms. The lowest BCUT2D eigenvalue weighted by molar-refractivity contribution is -0.124. The number of amides is 1. The van der Waals surface area contributed by atoms with Crippen LogP contribution in [-0.4, -0.2) is 40.3 Å². The molecule has 1 heterocycles. The van der Waals surface area contributed by atoms with E-state index in [1.807, 2.05) is 6.92 Å². The van der Waals surface area contributed by atoms with Gasteiger partial charge in [0.15, 0.2) is 0 Å². The predicted molar refractivity (Wildman–Crippen MR) is 65.9 cm³/mol. The summed E-state index contributed by atoms with van der Waals surface area (Å²) in [6.07, 6.45) is 5.19. The Labute approximate surface area is 107 Å². The van der Waals surface area contributed by atoms with Gasteiger partial charge in [0.25, 0.3) is 0 Å². The highest BCUT2D eigenvalue weighted by Crippen LogP contribution is 2.32. The van der Waals surface area contributed by atoms with E-state index in [1.54, 1.807) is 0 Å². The van der Waals surface area contributed by atoms with E-state index in [-0.39, 0.29) is 5.91 Å². The van der Waals surface area contributed by atoms with Crippen LogP contribution in [0, 0.1) is 5.92 Å². The summed E-state index contributed by atoms with van der Waals surface area (Å²) in [5, 5.41) is 9.42. The second kappa shape index (κ2) is 6.49. The lowest BCUT2D eigenvalue weighted by Crippen LogP contribution is -2.36. The third-order valence-corrected chi connectivity index (χ3v) is 3.22.